The van der Waals surface area contributed by atoms with Gasteiger partial charge < -0.3 is 5.73 Å². The van der Waals surface area contributed by atoms with Gasteiger partial charge in [0.2, 0.25) is 0 Å². The van der Waals surface area contributed by atoms with Crippen LogP contribution in [0.2, 0.25) is 4.34 Å². The molecule has 2 atom stereocenters. The molecule has 0 radical (unpaired) electrons. The molecule has 1 aromatic rings. The minimum Gasteiger partial charge on any atom is -0.326 e. The molecule has 0 aliphatic carbocycles. The Morgan fingerprint density at radius 2 is 2.16 bits per heavy atom. The van der Waals surface area contributed by atoms with Crippen LogP contribution in [0.15, 0.2) is 16.3 Å². The SMILES string of the molecule is CC(N)C1CCCCN1S(=O)(=O)c1ccc(Cl)s1.Cl. The van der Waals surface area contributed by atoms with Crippen molar-refractivity contribution in [2.24, 2.45) is 5.73 Å². The summed E-state index contributed by atoms with van der Waals surface area (Å²) in [5.41, 5.74) is 5.91. The van der Waals surface area contributed by atoms with E-state index in [2.05, 4.69) is 0 Å². The van der Waals surface area contributed by atoms with Crippen molar-refractivity contribution < 1.29 is 8.42 Å². The largest absolute Gasteiger partial charge is 0.326 e. The lowest BCUT2D eigenvalue weighted by Gasteiger charge is -2.36. The van der Waals surface area contributed by atoms with Crippen molar-refractivity contribution in [1.29, 1.82) is 0 Å². The number of thiophene rings is 1. The average Bonchev–Trinajstić information content (AvgIpc) is 2.76. The van der Waals surface area contributed by atoms with Gasteiger partial charge in [0.25, 0.3) is 10.0 Å². The molecule has 19 heavy (non-hydrogen) atoms. The molecular formula is C11H18Cl2N2O2S2. The molecule has 0 saturated carbocycles. The summed E-state index contributed by atoms with van der Waals surface area (Å²) >= 11 is 6.91. The Morgan fingerprint density at radius 1 is 1.47 bits per heavy atom. The highest BCUT2D eigenvalue weighted by atomic mass is 35.5. The highest BCUT2D eigenvalue weighted by Crippen LogP contribution is 2.32. The molecule has 0 spiro atoms. The number of hydrogen-bond acceptors (Lipinski definition) is 4. The lowest BCUT2D eigenvalue weighted by molar-refractivity contribution is 0.227. The van der Waals surface area contributed by atoms with Crippen molar-refractivity contribution in [3.63, 3.8) is 0 Å². The van der Waals surface area contributed by atoms with Gasteiger partial charge in [-0.05, 0) is 31.9 Å². The minimum atomic E-state index is -3.45. The van der Waals surface area contributed by atoms with Crippen LogP contribution in [0.4, 0.5) is 0 Å². The van der Waals surface area contributed by atoms with E-state index in [0.717, 1.165) is 30.6 Å². The smallest absolute Gasteiger partial charge is 0.252 e. The van der Waals surface area contributed by atoms with Gasteiger partial charge >= 0.3 is 0 Å². The van der Waals surface area contributed by atoms with E-state index in [-0.39, 0.29) is 24.5 Å². The van der Waals surface area contributed by atoms with Crippen LogP contribution in [0.25, 0.3) is 0 Å². The number of hydrogen-bond donors (Lipinski definition) is 1. The Kier molecular flexibility index (Phi) is 6.10. The summed E-state index contributed by atoms with van der Waals surface area (Å²) in [6, 6.07) is 2.92. The van der Waals surface area contributed by atoms with Crippen LogP contribution in [0.5, 0.6) is 0 Å². The van der Waals surface area contributed by atoms with Crippen LogP contribution >= 0.6 is 35.3 Å². The summed E-state index contributed by atoms with van der Waals surface area (Å²) in [4.78, 5) is 0. The van der Waals surface area contributed by atoms with Crippen molar-refractivity contribution in [3.8, 4) is 0 Å². The molecule has 1 aliphatic heterocycles. The van der Waals surface area contributed by atoms with Gasteiger partial charge in [0.15, 0.2) is 0 Å². The van der Waals surface area contributed by atoms with Crippen LogP contribution < -0.4 is 5.73 Å². The molecule has 1 saturated heterocycles. The molecule has 2 unspecified atom stereocenters. The first-order valence-corrected chi connectivity index (χ1v) is 8.59. The van der Waals surface area contributed by atoms with Crippen LogP contribution in [0.3, 0.4) is 0 Å². The van der Waals surface area contributed by atoms with Gasteiger partial charge in [-0.25, -0.2) is 8.42 Å². The summed E-state index contributed by atoms with van der Waals surface area (Å²) in [6.45, 7) is 2.41. The van der Waals surface area contributed by atoms with E-state index in [1.54, 1.807) is 16.4 Å². The molecule has 1 aromatic heterocycles. The zero-order chi connectivity index (χ0) is 13.3. The normalized spacial score (nSPS) is 22.8. The third-order valence-corrected chi connectivity index (χ3v) is 6.84. The summed E-state index contributed by atoms with van der Waals surface area (Å²) in [5, 5.41) is 0. The van der Waals surface area contributed by atoms with Gasteiger partial charge in [0.1, 0.15) is 4.21 Å². The van der Waals surface area contributed by atoms with Crippen LogP contribution in [0.1, 0.15) is 26.2 Å². The van der Waals surface area contributed by atoms with Crippen molar-refractivity contribution >= 4 is 45.4 Å². The lowest BCUT2D eigenvalue weighted by Crippen LogP contribution is -2.51. The summed E-state index contributed by atoms with van der Waals surface area (Å²) in [5.74, 6) is 0. The van der Waals surface area contributed by atoms with E-state index < -0.39 is 10.0 Å². The van der Waals surface area contributed by atoms with Crippen LogP contribution in [0, 0.1) is 0 Å². The Hall–Kier alpha value is 0.150. The van der Waals surface area contributed by atoms with E-state index in [9.17, 15) is 8.42 Å². The molecule has 2 heterocycles. The number of halogens is 2. The van der Waals surface area contributed by atoms with Crippen molar-refractivity contribution in [2.75, 3.05) is 6.54 Å². The van der Waals surface area contributed by atoms with E-state index in [0.29, 0.717) is 15.1 Å². The fraction of sp³-hybridized carbons (Fsp3) is 0.636. The maximum atomic E-state index is 12.5. The predicted molar refractivity (Wildman–Crippen MR) is 81.8 cm³/mol. The molecule has 8 heteroatoms. The topological polar surface area (TPSA) is 63.4 Å². The number of sulfonamides is 1. The van der Waals surface area contributed by atoms with Gasteiger partial charge in [0, 0.05) is 18.6 Å². The Morgan fingerprint density at radius 3 is 2.68 bits per heavy atom. The average molecular weight is 345 g/mol. The van der Waals surface area contributed by atoms with E-state index >= 15 is 0 Å². The van der Waals surface area contributed by atoms with Crippen molar-refractivity contribution in [1.82, 2.24) is 4.31 Å². The summed E-state index contributed by atoms with van der Waals surface area (Å²) < 4.78 is 27.4. The molecule has 1 fully saturated rings. The first-order valence-electron chi connectivity index (χ1n) is 5.95. The number of rotatable bonds is 3. The van der Waals surface area contributed by atoms with Gasteiger partial charge in [-0.15, -0.1) is 23.7 Å². The minimum absolute atomic E-state index is 0. The van der Waals surface area contributed by atoms with Gasteiger partial charge in [-0.2, -0.15) is 4.31 Å². The third kappa shape index (κ3) is 3.62. The zero-order valence-electron chi connectivity index (χ0n) is 10.6. The van der Waals surface area contributed by atoms with E-state index in [1.165, 1.54) is 0 Å². The predicted octanol–water partition coefficient (Wildman–Crippen LogP) is 2.71. The van der Waals surface area contributed by atoms with Crippen molar-refractivity contribution in [2.45, 2.75) is 42.5 Å². The fourth-order valence-corrected chi connectivity index (χ4v) is 5.69. The quantitative estimate of drug-likeness (QED) is 0.916. The van der Waals surface area contributed by atoms with Gasteiger partial charge in [0.05, 0.1) is 4.34 Å². The Balaban J connectivity index is 0.00000180. The second-order valence-electron chi connectivity index (χ2n) is 4.60. The Bertz CT molecular complexity index is 517. The second kappa shape index (κ2) is 6.74. The van der Waals surface area contributed by atoms with Crippen LogP contribution in [-0.2, 0) is 10.0 Å². The molecule has 0 aromatic carbocycles. The van der Waals surface area contributed by atoms with E-state index in [1.807, 2.05) is 6.92 Å². The molecule has 0 bridgehead atoms. The lowest BCUT2D eigenvalue weighted by atomic mass is 10.00. The molecule has 0 amide bonds. The summed E-state index contributed by atoms with van der Waals surface area (Å²) in [6.07, 6.45) is 2.75. The highest BCUT2D eigenvalue weighted by Gasteiger charge is 2.35. The molecular weight excluding hydrogens is 327 g/mol. The molecule has 110 valence electrons. The molecule has 1 aliphatic rings. The maximum absolute atomic E-state index is 12.5. The zero-order valence-corrected chi connectivity index (χ0v) is 13.8. The standard InChI is InChI=1S/C11H17ClN2O2S2.ClH/c1-8(13)9-4-2-3-7-14(9)18(15,16)11-6-5-10(12)17-11;/h5-6,8-9H,2-4,7,13H2,1H3;1H. The third-order valence-electron chi connectivity index (χ3n) is 3.22. The maximum Gasteiger partial charge on any atom is 0.252 e. The summed E-state index contributed by atoms with van der Waals surface area (Å²) in [7, 11) is -3.45. The molecule has 2 rings (SSSR count). The van der Waals surface area contributed by atoms with Gasteiger partial charge in [-0.1, -0.05) is 18.0 Å². The first kappa shape index (κ1) is 17.2. The second-order valence-corrected chi connectivity index (χ2v) is 8.43. The highest BCUT2D eigenvalue weighted by molar-refractivity contribution is 7.91. The number of nitrogens with zero attached hydrogens (tertiary/aromatic N) is 1. The van der Waals surface area contributed by atoms with Gasteiger partial charge in [-0.3, -0.25) is 0 Å². The Labute approximate surface area is 129 Å². The number of piperidine rings is 1. The van der Waals surface area contributed by atoms with E-state index in [4.69, 9.17) is 17.3 Å². The monoisotopic (exact) mass is 344 g/mol. The fourth-order valence-electron chi connectivity index (χ4n) is 2.31. The molecule has 2 N–H and O–H groups in total. The van der Waals surface area contributed by atoms with Crippen molar-refractivity contribution in [3.05, 3.63) is 16.5 Å². The first-order chi connectivity index (χ1) is 8.43. The van der Waals surface area contributed by atoms with Crippen LogP contribution in [-0.4, -0.2) is 31.4 Å². The number of nitrogens with two attached hydrogens (primary N) is 1. The molecule has 4 nitrogen and oxygen atoms in total.